The SMILES string of the molecule is CCC(O)(CC)CC[C@@H](C)C1CC[C@H]2[C@@H]3CC=C4C[C@@](C)(O)CC[C@]4(COC)[C@H]3CC[C@]12C. The van der Waals surface area contributed by atoms with Crippen molar-refractivity contribution < 1.29 is 14.9 Å². The maximum Gasteiger partial charge on any atom is 0.0657 e. The topological polar surface area (TPSA) is 49.7 Å². The van der Waals surface area contributed by atoms with Crippen LogP contribution in [0.2, 0.25) is 0 Å². The van der Waals surface area contributed by atoms with E-state index < -0.39 is 11.2 Å². The lowest BCUT2D eigenvalue weighted by atomic mass is 9.46. The summed E-state index contributed by atoms with van der Waals surface area (Å²) in [6, 6.07) is 0. The molecule has 8 atom stereocenters. The third-order valence-corrected chi connectivity index (χ3v) is 11.6. The summed E-state index contributed by atoms with van der Waals surface area (Å²) >= 11 is 0. The van der Waals surface area contributed by atoms with E-state index in [1.165, 1.54) is 37.7 Å². The molecule has 3 fully saturated rings. The highest BCUT2D eigenvalue weighted by molar-refractivity contribution is 5.28. The smallest absolute Gasteiger partial charge is 0.0657 e. The number of aliphatic hydroxyl groups is 2. The van der Waals surface area contributed by atoms with Gasteiger partial charge in [0, 0.05) is 12.5 Å². The first-order valence-corrected chi connectivity index (χ1v) is 14.2. The normalized spacial score (nSPS) is 43.9. The van der Waals surface area contributed by atoms with Gasteiger partial charge < -0.3 is 14.9 Å². The molecule has 3 heteroatoms. The first-order valence-electron chi connectivity index (χ1n) is 14.2. The third-order valence-electron chi connectivity index (χ3n) is 11.6. The molecule has 3 nitrogen and oxygen atoms in total. The Kier molecular flexibility index (Phi) is 7.20. The first kappa shape index (κ1) is 25.7. The van der Waals surface area contributed by atoms with Crippen molar-refractivity contribution in [3.05, 3.63) is 11.6 Å². The molecule has 4 aliphatic carbocycles. The average molecular weight is 461 g/mol. The van der Waals surface area contributed by atoms with Crippen LogP contribution in [-0.2, 0) is 4.74 Å². The molecule has 2 N–H and O–H groups in total. The van der Waals surface area contributed by atoms with Crippen molar-refractivity contribution in [2.24, 2.45) is 40.4 Å². The van der Waals surface area contributed by atoms with Crippen LogP contribution in [0.15, 0.2) is 11.6 Å². The lowest BCUT2D eigenvalue weighted by molar-refractivity contribution is -0.0980. The predicted molar refractivity (Wildman–Crippen MR) is 136 cm³/mol. The summed E-state index contributed by atoms with van der Waals surface area (Å²) in [5.41, 5.74) is 1.09. The van der Waals surface area contributed by atoms with Crippen molar-refractivity contribution >= 4 is 0 Å². The predicted octanol–water partition coefficient (Wildman–Crippen LogP) is 6.91. The van der Waals surface area contributed by atoms with Crippen molar-refractivity contribution in [1.29, 1.82) is 0 Å². The number of ether oxygens (including phenoxy) is 1. The highest BCUT2D eigenvalue weighted by Crippen LogP contribution is 2.68. The molecule has 0 spiro atoms. The van der Waals surface area contributed by atoms with Gasteiger partial charge in [-0.3, -0.25) is 0 Å². The van der Waals surface area contributed by atoms with Gasteiger partial charge in [-0.1, -0.05) is 39.3 Å². The molecule has 0 saturated heterocycles. The summed E-state index contributed by atoms with van der Waals surface area (Å²) in [6.45, 7) is 12.2. The highest BCUT2D eigenvalue weighted by Gasteiger charge is 2.61. The van der Waals surface area contributed by atoms with E-state index in [0.29, 0.717) is 17.3 Å². The van der Waals surface area contributed by atoms with Crippen LogP contribution in [-0.4, -0.2) is 35.1 Å². The zero-order valence-electron chi connectivity index (χ0n) is 22.5. The number of hydrogen-bond acceptors (Lipinski definition) is 3. The van der Waals surface area contributed by atoms with Gasteiger partial charge >= 0.3 is 0 Å². The summed E-state index contributed by atoms with van der Waals surface area (Å²) in [4.78, 5) is 0. The molecule has 0 bridgehead atoms. The molecule has 0 aromatic heterocycles. The summed E-state index contributed by atoms with van der Waals surface area (Å²) in [5, 5.41) is 21.7. The quantitative estimate of drug-likeness (QED) is 0.387. The molecule has 0 aromatic rings. The number of hydrogen-bond donors (Lipinski definition) is 2. The second-order valence-electron chi connectivity index (χ2n) is 13.3. The van der Waals surface area contributed by atoms with E-state index in [1.807, 2.05) is 14.0 Å². The van der Waals surface area contributed by atoms with E-state index in [4.69, 9.17) is 4.74 Å². The molecule has 190 valence electrons. The lowest BCUT2D eigenvalue weighted by Gasteiger charge is -2.60. The second kappa shape index (κ2) is 9.25. The molecule has 4 rings (SSSR count). The van der Waals surface area contributed by atoms with Gasteiger partial charge in [0.2, 0.25) is 0 Å². The van der Waals surface area contributed by atoms with Crippen molar-refractivity contribution in [1.82, 2.24) is 0 Å². The zero-order chi connectivity index (χ0) is 24.1. The van der Waals surface area contributed by atoms with Gasteiger partial charge in [0.15, 0.2) is 0 Å². The van der Waals surface area contributed by atoms with Crippen LogP contribution < -0.4 is 0 Å². The van der Waals surface area contributed by atoms with Gasteiger partial charge in [-0.2, -0.15) is 0 Å². The van der Waals surface area contributed by atoms with Crippen LogP contribution in [0.25, 0.3) is 0 Å². The Morgan fingerprint density at radius 1 is 1.09 bits per heavy atom. The molecule has 0 amide bonds. The summed E-state index contributed by atoms with van der Waals surface area (Å²) in [5.74, 6) is 3.77. The fourth-order valence-electron chi connectivity index (χ4n) is 9.41. The van der Waals surface area contributed by atoms with Crippen LogP contribution in [0.4, 0.5) is 0 Å². The molecular weight excluding hydrogens is 408 g/mol. The van der Waals surface area contributed by atoms with Crippen molar-refractivity contribution in [2.45, 2.75) is 123 Å². The maximum absolute atomic E-state index is 10.9. The zero-order valence-corrected chi connectivity index (χ0v) is 22.5. The molecule has 3 saturated carbocycles. The van der Waals surface area contributed by atoms with Crippen LogP contribution in [0.1, 0.15) is 112 Å². The van der Waals surface area contributed by atoms with E-state index in [0.717, 1.165) is 69.3 Å². The van der Waals surface area contributed by atoms with E-state index in [2.05, 4.69) is 33.8 Å². The highest BCUT2D eigenvalue weighted by atomic mass is 16.5. The van der Waals surface area contributed by atoms with E-state index >= 15 is 0 Å². The Morgan fingerprint density at radius 2 is 1.82 bits per heavy atom. The molecule has 33 heavy (non-hydrogen) atoms. The summed E-state index contributed by atoms with van der Waals surface area (Å²) < 4.78 is 5.89. The van der Waals surface area contributed by atoms with Gasteiger partial charge in [0.1, 0.15) is 0 Å². The molecular formula is C30H52O3. The minimum atomic E-state index is -0.550. The Labute approximate surface area is 203 Å². The van der Waals surface area contributed by atoms with Gasteiger partial charge in [-0.15, -0.1) is 0 Å². The van der Waals surface area contributed by atoms with Crippen LogP contribution >= 0.6 is 0 Å². The maximum atomic E-state index is 10.9. The van der Waals surface area contributed by atoms with E-state index in [1.54, 1.807) is 0 Å². The van der Waals surface area contributed by atoms with Crippen molar-refractivity contribution in [3.63, 3.8) is 0 Å². The molecule has 0 aromatic carbocycles. The summed E-state index contributed by atoms with van der Waals surface area (Å²) in [7, 11) is 1.87. The van der Waals surface area contributed by atoms with Gasteiger partial charge in [-0.25, -0.2) is 0 Å². The molecule has 0 heterocycles. The Balaban J connectivity index is 1.53. The molecule has 1 unspecified atom stereocenters. The summed E-state index contributed by atoms with van der Waals surface area (Å²) in [6.07, 6.45) is 15.8. The number of rotatable bonds is 8. The van der Waals surface area contributed by atoms with Crippen molar-refractivity contribution in [3.8, 4) is 0 Å². The number of allylic oxidation sites excluding steroid dienone is 1. The fraction of sp³-hybridized carbons (Fsp3) is 0.933. The van der Waals surface area contributed by atoms with Gasteiger partial charge in [-0.05, 0) is 119 Å². The molecule has 0 radical (unpaired) electrons. The minimum Gasteiger partial charge on any atom is -0.390 e. The molecule has 4 aliphatic rings. The van der Waals surface area contributed by atoms with E-state index in [-0.39, 0.29) is 5.41 Å². The number of methoxy groups -OCH3 is 1. The Hall–Kier alpha value is -0.380. The Morgan fingerprint density at radius 3 is 2.48 bits per heavy atom. The van der Waals surface area contributed by atoms with Gasteiger partial charge in [0.25, 0.3) is 0 Å². The fourth-order valence-corrected chi connectivity index (χ4v) is 9.41. The largest absolute Gasteiger partial charge is 0.390 e. The Bertz CT molecular complexity index is 722. The van der Waals surface area contributed by atoms with E-state index in [9.17, 15) is 10.2 Å². The third kappa shape index (κ3) is 4.38. The average Bonchev–Trinajstić information content (AvgIpc) is 3.14. The van der Waals surface area contributed by atoms with Crippen LogP contribution in [0.5, 0.6) is 0 Å². The second-order valence-corrected chi connectivity index (χ2v) is 13.3. The standard InChI is InChI=1S/C30H52O3/c1-7-29(32,8-2)16-13-21(3)24-11-12-25-23-10-9-22-19-27(4,31)17-18-30(22,20-33-6)26(23)14-15-28(24,25)5/h9,21,23-26,31-32H,7-8,10-20H2,1-6H3/t21-,23+,24?,25+,26+,27+,28-,30-/m1/s1. The number of fused-ring (bicyclic) bond motifs is 5. The van der Waals surface area contributed by atoms with Gasteiger partial charge in [0.05, 0.1) is 17.8 Å². The molecule has 0 aliphatic heterocycles. The first-order chi connectivity index (χ1) is 15.5. The monoisotopic (exact) mass is 460 g/mol. The lowest BCUT2D eigenvalue weighted by Crippen LogP contribution is -2.54. The minimum absolute atomic E-state index is 0.156. The van der Waals surface area contributed by atoms with Crippen LogP contribution in [0, 0.1) is 40.4 Å². The van der Waals surface area contributed by atoms with Crippen LogP contribution in [0.3, 0.4) is 0 Å². The van der Waals surface area contributed by atoms with Crippen molar-refractivity contribution in [2.75, 3.05) is 13.7 Å².